The number of hydrogen-bond acceptors (Lipinski definition) is 4. The third-order valence-corrected chi connectivity index (χ3v) is 5.20. The lowest BCUT2D eigenvalue weighted by Crippen LogP contribution is -2.31. The zero-order valence-electron chi connectivity index (χ0n) is 11.0. The van der Waals surface area contributed by atoms with Crippen molar-refractivity contribution in [3.05, 3.63) is 35.4 Å². The molecule has 1 aromatic carbocycles. The number of carbonyl (C=O) groups is 1. The number of hydrogen-bond donors (Lipinski definition) is 1. The molecule has 5 nitrogen and oxygen atoms in total. The molecule has 1 aromatic rings. The Morgan fingerprint density at radius 2 is 2.05 bits per heavy atom. The first-order valence-electron chi connectivity index (χ1n) is 6.45. The number of nitriles is 1. The fourth-order valence-corrected chi connectivity index (χ4v) is 4.10. The van der Waals surface area contributed by atoms with Crippen molar-refractivity contribution in [3.63, 3.8) is 0 Å². The Hall–Kier alpha value is -1.87. The first kappa shape index (κ1) is 14.5. The van der Waals surface area contributed by atoms with Gasteiger partial charge in [-0.2, -0.15) is 5.26 Å². The van der Waals surface area contributed by atoms with Gasteiger partial charge in [-0.15, -0.1) is 0 Å². The average molecular weight is 292 g/mol. The molecule has 1 aliphatic rings. The minimum absolute atomic E-state index is 0.0323. The van der Waals surface area contributed by atoms with Gasteiger partial charge in [0.05, 0.1) is 29.6 Å². The van der Waals surface area contributed by atoms with E-state index >= 15 is 0 Å². The third kappa shape index (κ3) is 4.07. The van der Waals surface area contributed by atoms with E-state index in [1.807, 2.05) is 6.07 Å². The van der Waals surface area contributed by atoms with Crippen molar-refractivity contribution in [1.82, 2.24) is 5.32 Å². The fraction of sp³-hybridized carbons (Fsp3) is 0.429. The Morgan fingerprint density at radius 1 is 1.35 bits per heavy atom. The van der Waals surface area contributed by atoms with E-state index in [-0.39, 0.29) is 29.8 Å². The van der Waals surface area contributed by atoms with Crippen LogP contribution in [-0.2, 0) is 21.1 Å². The molecule has 106 valence electrons. The van der Waals surface area contributed by atoms with Crippen LogP contribution in [0.4, 0.5) is 0 Å². The molecule has 1 amide bonds. The van der Waals surface area contributed by atoms with Crippen LogP contribution in [0.25, 0.3) is 0 Å². The molecule has 20 heavy (non-hydrogen) atoms. The number of sulfone groups is 1. The molecule has 0 aliphatic carbocycles. The van der Waals surface area contributed by atoms with E-state index in [0.717, 1.165) is 5.56 Å². The zero-order valence-corrected chi connectivity index (χ0v) is 11.8. The van der Waals surface area contributed by atoms with Crippen LogP contribution >= 0.6 is 0 Å². The summed E-state index contributed by atoms with van der Waals surface area (Å²) in [5, 5.41) is 11.5. The summed E-state index contributed by atoms with van der Waals surface area (Å²) in [5.74, 6) is 0.303. The Bertz CT molecular complexity index is 629. The van der Waals surface area contributed by atoms with Gasteiger partial charge in [0.2, 0.25) is 5.91 Å². The van der Waals surface area contributed by atoms with Gasteiger partial charge in [0.1, 0.15) is 0 Å². The molecule has 0 radical (unpaired) electrons. The Labute approximate surface area is 118 Å². The Morgan fingerprint density at radius 3 is 2.60 bits per heavy atom. The predicted octanol–water partition coefficient (Wildman–Crippen LogP) is 0.652. The van der Waals surface area contributed by atoms with E-state index in [0.29, 0.717) is 18.5 Å². The summed E-state index contributed by atoms with van der Waals surface area (Å²) in [5.41, 5.74) is 1.39. The number of amides is 1. The number of nitrogens with zero attached hydrogens (tertiary/aromatic N) is 1. The van der Waals surface area contributed by atoms with Gasteiger partial charge in [-0.3, -0.25) is 4.79 Å². The SMILES string of the molecule is N#Cc1ccc(CC(=O)NCC2CCS(=O)(=O)C2)cc1. The van der Waals surface area contributed by atoms with Crippen molar-refractivity contribution in [1.29, 1.82) is 5.26 Å². The van der Waals surface area contributed by atoms with E-state index in [4.69, 9.17) is 5.26 Å². The minimum Gasteiger partial charge on any atom is -0.356 e. The first-order valence-corrected chi connectivity index (χ1v) is 8.27. The molecule has 1 N–H and O–H groups in total. The minimum atomic E-state index is -2.89. The van der Waals surface area contributed by atoms with Gasteiger partial charge in [0.15, 0.2) is 9.84 Å². The quantitative estimate of drug-likeness (QED) is 0.882. The molecular weight excluding hydrogens is 276 g/mol. The summed E-state index contributed by atoms with van der Waals surface area (Å²) in [7, 11) is -2.89. The van der Waals surface area contributed by atoms with Crippen LogP contribution in [0.1, 0.15) is 17.5 Å². The van der Waals surface area contributed by atoms with Crippen LogP contribution < -0.4 is 5.32 Å². The predicted molar refractivity (Wildman–Crippen MR) is 74.6 cm³/mol. The molecule has 0 spiro atoms. The highest BCUT2D eigenvalue weighted by Gasteiger charge is 2.27. The Balaban J connectivity index is 1.79. The van der Waals surface area contributed by atoms with Crippen LogP contribution in [0.3, 0.4) is 0 Å². The lowest BCUT2D eigenvalue weighted by molar-refractivity contribution is -0.120. The largest absolute Gasteiger partial charge is 0.356 e. The molecule has 1 atom stereocenters. The molecule has 1 saturated heterocycles. The molecule has 2 rings (SSSR count). The molecule has 6 heteroatoms. The van der Waals surface area contributed by atoms with Crippen molar-refractivity contribution < 1.29 is 13.2 Å². The van der Waals surface area contributed by atoms with Crippen molar-refractivity contribution in [2.45, 2.75) is 12.8 Å². The molecular formula is C14H16N2O3S. The van der Waals surface area contributed by atoms with Gasteiger partial charge in [-0.05, 0) is 30.0 Å². The maximum atomic E-state index is 11.8. The van der Waals surface area contributed by atoms with Gasteiger partial charge >= 0.3 is 0 Å². The number of carbonyl (C=O) groups excluding carboxylic acids is 1. The Kier molecular flexibility index (Phi) is 4.40. The second-order valence-electron chi connectivity index (χ2n) is 5.06. The fourth-order valence-electron chi connectivity index (χ4n) is 2.24. The summed E-state index contributed by atoms with van der Waals surface area (Å²) in [6, 6.07) is 8.86. The van der Waals surface area contributed by atoms with Crippen LogP contribution in [0.15, 0.2) is 24.3 Å². The van der Waals surface area contributed by atoms with E-state index in [2.05, 4.69) is 5.32 Å². The van der Waals surface area contributed by atoms with E-state index in [1.54, 1.807) is 24.3 Å². The number of benzene rings is 1. The normalized spacial score (nSPS) is 20.2. The molecule has 1 heterocycles. The number of nitrogens with one attached hydrogen (secondary N) is 1. The smallest absolute Gasteiger partial charge is 0.224 e. The van der Waals surface area contributed by atoms with Crippen molar-refractivity contribution in [2.75, 3.05) is 18.1 Å². The van der Waals surface area contributed by atoms with E-state index < -0.39 is 9.84 Å². The van der Waals surface area contributed by atoms with E-state index in [9.17, 15) is 13.2 Å². The average Bonchev–Trinajstić information content (AvgIpc) is 2.77. The van der Waals surface area contributed by atoms with Gasteiger partial charge in [0.25, 0.3) is 0 Å². The number of rotatable bonds is 4. The van der Waals surface area contributed by atoms with Gasteiger partial charge in [0, 0.05) is 6.54 Å². The van der Waals surface area contributed by atoms with Crippen LogP contribution in [0, 0.1) is 17.2 Å². The maximum absolute atomic E-state index is 11.8. The first-order chi connectivity index (χ1) is 9.48. The van der Waals surface area contributed by atoms with Crippen molar-refractivity contribution >= 4 is 15.7 Å². The molecule has 1 aliphatic heterocycles. The highest BCUT2D eigenvalue weighted by atomic mass is 32.2. The summed E-state index contributed by atoms with van der Waals surface area (Å²) < 4.78 is 22.6. The van der Waals surface area contributed by atoms with Gasteiger partial charge in [-0.25, -0.2) is 8.42 Å². The summed E-state index contributed by atoms with van der Waals surface area (Å²) in [4.78, 5) is 11.8. The zero-order chi connectivity index (χ0) is 14.6. The molecule has 1 fully saturated rings. The van der Waals surface area contributed by atoms with E-state index in [1.165, 1.54) is 0 Å². The van der Waals surface area contributed by atoms with Crippen LogP contribution in [0.2, 0.25) is 0 Å². The highest BCUT2D eigenvalue weighted by Crippen LogP contribution is 2.17. The maximum Gasteiger partial charge on any atom is 0.224 e. The molecule has 1 unspecified atom stereocenters. The lowest BCUT2D eigenvalue weighted by atomic mass is 10.1. The topological polar surface area (TPSA) is 87.0 Å². The standard InChI is InChI=1S/C14H16N2O3S/c15-8-12-3-1-11(2-4-12)7-14(17)16-9-13-5-6-20(18,19)10-13/h1-4,13H,5-7,9-10H2,(H,16,17). The summed E-state index contributed by atoms with van der Waals surface area (Å²) in [6.45, 7) is 0.411. The van der Waals surface area contributed by atoms with Gasteiger partial charge in [-0.1, -0.05) is 12.1 Å². The summed E-state index contributed by atoms with van der Waals surface area (Å²) in [6.07, 6.45) is 0.866. The molecule has 0 bridgehead atoms. The highest BCUT2D eigenvalue weighted by molar-refractivity contribution is 7.91. The third-order valence-electron chi connectivity index (χ3n) is 3.36. The summed E-state index contributed by atoms with van der Waals surface area (Å²) >= 11 is 0. The second kappa shape index (κ2) is 6.06. The van der Waals surface area contributed by atoms with Crippen LogP contribution in [-0.4, -0.2) is 32.4 Å². The van der Waals surface area contributed by atoms with Crippen molar-refractivity contribution in [3.8, 4) is 6.07 Å². The molecule has 0 aromatic heterocycles. The monoisotopic (exact) mass is 292 g/mol. The van der Waals surface area contributed by atoms with Crippen LogP contribution in [0.5, 0.6) is 0 Å². The van der Waals surface area contributed by atoms with Crippen molar-refractivity contribution in [2.24, 2.45) is 5.92 Å². The second-order valence-corrected chi connectivity index (χ2v) is 7.29. The van der Waals surface area contributed by atoms with Gasteiger partial charge < -0.3 is 5.32 Å². The lowest BCUT2D eigenvalue weighted by Gasteiger charge is -2.09. The molecule has 0 saturated carbocycles.